The molecular weight excluding hydrogens is 192 g/mol. The molecule has 5 heteroatoms. The third-order valence-electron chi connectivity index (χ3n) is 2.66. The fourth-order valence-electron chi connectivity index (χ4n) is 1.98. The lowest BCUT2D eigenvalue weighted by Crippen LogP contribution is -2.10. The van der Waals surface area contributed by atoms with Crippen molar-refractivity contribution in [3.8, 4) is 0 Å². The molecule has 2 aromatic rings. The average molecular weight is 202 g/mol. The summed E-state index contributed by atoms with van der Waals surface area (Å²) in [5.74, 6) is 0.0446. The maximum atomic E-state index is 11.4. The summed E-state index contributed by atoms with van der Waals surface area (Å²) in [6.45, 7) is 0. The predicted molar refractivity (Wildman–Crippen MR) is 55.5 cm³/mol. The van der Waals surface area contributed by atoms with E-state index in [0.29, 0.717) is 12.8 Å². The lowest BCUT2D eigenvalue weighted by molar-refractivity contribution is -0.116. The molecule has 2 aromatic heterocycles. The molecule has 0 saturated heterocycles. The highest BCUT2D eigenvalue weighted by Gasteiger charge is 2.19. The molecule has 1 aliphatic heterocycles. The summed E-state index contributed by atoms with van der Waals surface area (Å²) in [7, 11) is 1.87. The molecule has 0 radical (unpaired) electrons. The fraction of sp³-hybridized carbons (Fsp3) is 0.300. The smallest absolute Gasteiger partial charge is 0.224 e. The van der Waals surface area contributed by atoms with E-state index in [4.69, 9.17) is 0 Å². The number of hydrogen-bond donors (Lipinski definition) is 1. The van der Waals surface area contributed by atoms with Crippen LogP contribution in [0, 0.1) is 0 Å². The van der Waals surface area contributed by atoms with E-state index >= 15 is 0 Å². The van der Waals surface area contributed by atoms with Gasteiger partial charge in [-0.1, -0.05) is 0 Å². The Balaban J connectivity index is 2.39. The molecule has 3 heterocycles. The standard InChI is InChI=1S/C10H10N4O/c1-14-10-9-6(4-5-11-10)12-8(15)3-2-7(9)13-14/h4-5H,2-3H2,1H3,(H,12,15). The Morgan fingerprint density at radius 2 is 2.33 bits per heavy atom. The van der Waals surface area contributed by atoms with Gasteiger partial charge in [0.25, 0.3) is 0 Å². The van der Waals surface area contributed by atoms with Crippen molar-refractivity contribution in [1.82, 2.24) is 14.8 Å². The highest BCUT2D eigenvalue weighted by atomic mass is 16.1. The van der Waals surface area contributed by atoms with Crippen molar-refractivity contribution < 1.29 is 4.79 Å². The molecule has 0 aliphatic carbocycles. The molecule has 0 bridgehead atoms. The van der Waals surface area contributed by atoms with Crippen LogP contribution in [0.5, 0.6) is 0 Å². The number of nitrogens with zero attached hydrogens (tertiary/aromatic N) is 3. The summed E-state index contributed by atoms with van der Waals surface area (Å²) in [6, 6.07) is 1.82. The molecule has 0 saturated carbocycles. The number of carbonyl (C=O) groups is 1. The Bertz CT molecular complexity index is 558. The van der Waals surface area contributed by atoms with Gasteiger partial charge in [-0.15, -0.1) is 0 Å². The average Bonchev–Trinajstić information content (AvgIpc) is 2.45. The Morgan fingerprint density at radius 3 is 3.20 bits per heavy atom. The summed E-state index contributed by atoms with van der Waals surface area (Å²) in [4.78, 5) is 15.7. The van der Waals surface area contributed by atoms with Gasteiger partial charge in [-0.05, 0) is 6.07 Å². The third kappa shape index (κ3) is 1.12. The largest absolute Gasteiger partial charge is 0.325 e. The Morgan fingerprint density at radius 1 is 1.47 bits per heavy atom. The van der Waals surface area contributed by atoms with Crippen LogP contribution in [0.2, 0.25) is 0 Å². The summed E-state index contributed by atoms with van der Waals surface area (Å²) in [5.41, 5.74) is 2.60. The zero-order valence-corrected chi connectivity index (χ0v) is 8.32. The van der Waals surface area contributed by atoms with E-state index in [1.165, 1.54) is 0 Å². The Hall–Kier alpha value is -1.91. The zero-order chi connectivity index (χ0) is 10.4. The van der Waals surface area contributed by atoms with Crippen LogP contribution in [-0.2, 0) is 18.3 Å². The molecule has 76 valence electrons. The maximum absolute atomic E-state index is 11.4. The van der Waals surface area contributed by atoms with Gasteiger partial charge >= 0.3 is 0 Å². The lowest BCUT2D eigenvalue weighted by atomic mass is 10.2. The van der Waals surface area contributed by atoms with Crippen LogP contribution in [0.15, 0.2) is 12.3 Å². The van der Waals surface area contributed by atoms with Crippen molar-refractivity contribution in [2.24, 2.45) is 7.05 Å². The van der Waals surface area contributed by atoms with Gasteiger partial charge in [0.15, 0.2) is 5.65 Å². The van der Waals surface area contributed by atoms with Gasteiger partial charge in [-0.25, -0.2) is 4.98 Å². The normalized spacial score (nSPS) is 15.1. The van der Waals surface area contributed by atoms with Crippen molar-refractivity contribution in [2.75, 3.05) is 5.32 Å². The number of pyridine rings is 1. The molecule has 15 heavy (non-hydrogen) atoms. The molecule has 0 fully saturated rings. The monoisotopic (exact) mass is 202 g/mol. The number of rotatable bonds is 0. The van der Waals surface area contributed by atoms with Crippen LogP contribution in [0.25, 0.3) is 11.0 Å². The van der Waals surface area contributed by atoms with Gasteiger partial charge in [-0.2, -0.15) is 5.10 Å². The minimum absolute atomic E-state index is 0.0446. The number of amides is 1. The van der Waals surface area contributed by atoms with E-state index < -0.39 is 0 Å². The molecule has 5 nitrogen and oxygen atoms in total. The van der Waals surface area contributed by atoms with Crippen molar-refractivity contribution in [1.29, 1.82) is 0 Å². The summed E-state index contributed by atoms with van der Waals surface area (Å²) >= 11 is 0. The number of nitrogens with one attached hydrogen (secondary N) is 1. The van der Waals surface area contributed by atoms with Crippen LogP contribution < -0.4 is 5.32 Å². The predicted octanol–water partition coefficient (Wildman–Crippen LogP) is 0.853. The number of anilines is 1. The molecule has 0 atom stereocenters. The molecule has 0 spiro atoms. The van der Waals surface area contributed by atoms with Crippen molar-refractivity contribution in [3.05, 3.63) is 18.0 Å². The van der Waals surface area contributed by atoms with Crippen LogP contribution in [0.4, 0.5) is 5.69 Å². The van der Waals surface area contributed by atoms with Crippen LogP contribution >= 0.6 is 0 Å². The summed E-state index contributed by atoms with van der Waals surface area (Å²) < 4.78 is 1.76. The minimum Gasteiger partial charge on any atom is -0.325 e. The number of aromatic nitrogens is 3. The van der Waals surface area contributed by atoms with Gasteiger partial charge in [0.05, 0.1) is 16.8 Å². The van der Waals surface area contributed by atoms with Gasteiger partial charge in [0.1, 0.15) is 0 Å². The number of carbonyl (C=O) groups excluding carboxylic acids is 1. The van der Waals surface area contributed by atoms with Gasteiger partial charge < -0.3 is 5.32 Å². The van der Waals surface area contributed by atoms with Crippen molar-refractivity contribution in [2.45, 2.75) is 12.8 Å². The molecular formula is C10H10N4O. The first-order valence-corrected chi connectivity index (χ1v) is 4.86. The van der Waals surface area contributed by atoms with Gasteiger partial charge in [-0.3, -0.25) is 9.48 Å². The van der Waals surface area contributed by atoms with E-state index in [0.717, 1.165) is 22.4 Å². The first-order valence-electron chi connectivity index (χ1n) is 4.86. The van der Waals surface area contributed by atoms with E-state index in [1.54, 1.807) is 10.9 Å². The first kappa shape index (κ1) is 8.40. The third-order valence-corrected chi connectivity index (χ3v) is 2.66. The number of aryl methyl sites for hydroxylation is 2. The quantitative estimate of drug-likeness (QED) is 0.689. The van der Waals surface area contributed by atoms with E-state index in [2.05, 4.69) is 15.4 Å². The molecule has 0 aromatic carbocycles. The molecule has 1 aliphatic rings. The van der Waals surface area contributed by atoms with E-state index in [9.17, 15) is 4.79 Å². The minimum atomic E-state index is 0.0446. The second-order valence-electron chi connectivity index (χ2n) is 3.68. The highest BCUT2D eigenvalue weighted by molar-refractivity contribution is 6.02. The topological polar surface area (TPSA) is 59.8 Å². The molecule has 0 unspecified atom stereocenters. The second-order valence-corrected chi connectivity index (χ2v) is 3.68. The summed E-state index contributed by atoms with van der Waals surface area (Å²) in [5, 5.41) is 8.22. The Kier molecular flexibility index (Phi) is 1.56. The van der Waals surface area contributed by atoms with Crippen LogP contribution in [0.3, 0.4) is 0 Å². The second kappa shape index (κ2) is 2.79. The van der Waals surface area contributed by atoms with Gasteiger partial charge in [0.2, 0.25) is 5.91 Å². The van der Waals surface area contributed by atoms with Crippen molar-refractivity contribution in [3.63, 3.8) is 0 Å². The van der Waals surface area contributed by atoms with Crippen molar-refractivity contribution >= 4 is 22.6 Å². The summed E-state index contributed by atoms with van der Waals surface area (Å²) in [6.07, 6.45) is 2.86. The van der Waals surface area contributed by atoms with Crippen LogP contribution in [-0.4, -0.2) is 20.7 Å². The highest BCUT2D eigenvalue weighted by Crippen LogP contribution is 2.28. The molecule has 3 rings (SSSR count). The maximum Gasteiger partial charge on any atom is 0.224 e. The van der Waals surface area contributed by atoms with Crippen LogP contribution in [0.1, 0.15) is 12.1 Å². The van der Waals surface area contributed by atoms with Gasteiger partial charge in [0, 0.05) is 26.1 Å². The number of hydrogen-bond acceptors (Lipinski definition) is 3. The fourth-order valence-corrected chi connectivity index (χ4v) is 1.98. The molecule has 1 N–H and O–H groups in total. The lowest BCUT2D eigenvalue weighted by Gasteiger charge is -2.02. The SMILES string of the molecule is Cn1nc2c3c(ccnc31)NC(=O)CC2. The molecule has 1 amide bonds. The first-order chi connectivity index (χ1) is 7.25. The zero-order valence-electron chi connectivity index (χ0n) is 8.32. The Labute approximate surface area is 86.1 Å². The van der Waals surface area contributed by atoms with E-state index in [-0.39, 0.29) is 5.91 Å². The van der Waals surface area contributed by atoms with E-state index in [1.807, 2.05) is 13.1 Å².